The fraction of sp³-hybridized carbons (Fsp3) is 0.600. The fourth-order valence-corrected chi connectivity index (χ4v) is 2.40. The highest BCUT2D eigenvalue weighted by Crippen LogP contribution is 2.24. The van der Waals surface area contributed by atoms with Crippen molar-refractivity contribution in [2.75, 3.05) is 20.3 Å². The molecule has 0 saturated carbocycles. The molecule has 1 N–H and O–H groups in total. The largest absolute Gasteiger partial charge is 0.497 e. The van der Waals surface area contributed by atoms with Gasteiger partial charge in [0.1, 0.15) is 5.75 Å². The van der Waals surface area contributed by atoms with Crippen LogP contribution in [0.15, 0.2) is 24.3 Å². The van der Waals surface area contributed by atoms with Gasteiger partial charge >= 0.3 is 0 Å². The Morgan fingerprint density at radius 2 is 2.28 bits per heavy atom. The molecule has 1 aromatic carbocycles. The molecular weight excluding hydrogens is 226 g/mol. The molecule has 1 heterocycles. The molecule has 0 radical (unpaired) electrons. The van der Waals surface area contributed by atoms with E-state index in [1.54, 1.807) is 7.11 Å². The van der Waals surface area contributed by atoms with Crippen LogP contribution in [0.3, 0.4) is 0 Å². The minimum absolute atomic E-state index is 0.142. The van der Waals surface area contributed by atoms with Gasteiger partial charge in [0.05, 0.1) is 19.8 Å². The van der Waals surface area contributed by atoms with Crippen molar-refractivity contribution in [1.82, 2.24) is 5.32 Å². The first-order valence-corrected chi connectivity index (χ1v) is 6.68. The third-order valence-electron chi connectivity index (χ3n) is 3.31. The van der Waals surface area contributed by atoms with Crippen molar-refractivity contribution in [3.05, 3.63) is 29.8 Å². The van der Waals surface area contributed by atoms with E-state index in [-0.39, 0.29) is 6.10 Å². The Kier molecular flexibility index (Phi) is 4.61. The fourth-order valence-electron chi connectivity index (χ4n) is 2.40. The first kappa shape index (κ1) is 13.4. The van der Waals surface area contributed by atoms with Gasteiger partial charge in [-0.25, -0.2) is 0 Å². The van der Waals surface area contributed by atoms with E-state index in [2.05, 4.69) is 31.3 Å². The first-order chi connectivity index (χ1) is 8.69. The number of methoxy groups -OCH3 is 1. The standard InChI is InChI=1S/C15H23NO2/c1-11(2)7-13-10-18-15(9-16-13)12-5-4-6-14(8-12)17-3/h4-6,8,11,13,15-16H,7,9-10H2,1-3H3. The van der Waals surface area contributed by atoms with Gasteiger partial charge in [0, 0.05) is 12.6 Å². The predicted molar refractivity (Wildman–Crippen MR) is 72.9 cm³/mol. The summed E-state index contributed by atoms with van der Waals surface area (Å²) in [7, 11) is 1.69. The molecule has 1 fully saturated rings. The summed E-state index contributed by atoms with van der Waals surface area (Å²) in [6, 6.07) is 8.61. The number of hydrogen-bond acceptors (Lipinski definition) is 3. The molecule has 1 aliphatic rings. The van der Waals surface area contributed by atoms with E-state index in [0.29, 0.717) is 12.0 Å². The molecule has 0 aromatic heterocycles. The normalized spacial score (nSPS) is 24.2. The number of rotatable bonds is 4. The summed E-state index contributed by atoms with van der Waals surface area (Å²) in [5.74, 6) is 1.60. The highest BCUT2D eigenvalue weighted by molar-refractivity contribution is 5.30. The molecule has 1 saturated heterocycles. The molecule has 0 bridgehead atoms. The van der Waals surface area contributed by atoms with Crippen LogP contribution in [0.5, 0.6) is 5.75 Å². The Bertz CT molecular complexity index is 371. The highest BCUT2D eigenvalue weighted by atomic mass is 16.5. The number of ether oxygens (including phenoxy) is 2. The van der Waals surface area contributed by atoms with E-state index in [1.807, 2.05) is 12.1 Å². The molecule has 2 rings (SSSR count). The van der Waals surface area contributed by atoms with Crippen LogP contribution in [0.25, 0.3) is 0 Å². The van der Waals surface area contributed by atoms with Gasteiger partial charge in [0.2, 0.25) is 0 Å². The van der Waals surface area contributed by atoms with Crippen molar-refractivity contribution in [3.8, 4) is 5.75 Å². The topological polar surface area (TPSA) is 30.5 Å². The van der Waals surface area contributed by atoms with Crippen LogP contribution in [-0.2, 0) is 4.74 Å². The molecule has 18 heavy (non-hydrogen) atoms. The second-order valence-electron chi connectivity index (χ2n) is 5.33. The van der Waals surface area contributed by atoms with E-state index >= 15 is 0 Å². The van der Waals surface area contributed by atoms with Gasteiger partial charge in [-0.1, -0.05) is 26.0 Å². The van der Waals surface area contributed by atoms with Crippen LogP contribution in [0.4, 0.5) is 0 Å². The number of benzene rings is 1. The lowest BCUT2D eigenvalue weighted by Crippen LogP contribution is -2.43. The molecule has 1 aliphatic heterocycles. The molecule has 3 nitrogen and oxygen atoms in total. The molecule has 3 heteroatoms. The van der Waals surface area contributed by atoms with Crippen molar-refractivity contribution >= 4 is 0 Å². The summed E-state index contributed by atoms with van der Waals surface area (Å²) >= 11 is 0. The summed E-state index contributed by atoms with van der Waals surface area (Å²) in [6.07, 6.45) is 1.31. The zero-order chi connectivity index (χ0) is 13.0. The molecule has 0 spiro atoms. The van der Waals surface area contributed by atoms with E-state index in [1.165, 1.54) is 12.0 Å². The van der Waals surface area contributed by atoms with Crippen molar-refractivity contribution in [1.29, 1.82) is 0 Å². The minimum atomic E-state index is 0.142. The van der Waals surface area contributed by atoms with Gasteiger partial charge in [-0.2, -0.15) is 0 Å². The van der Waals surface area contributed by atoms with E-state index in [0.717, 1.165) is 18.9 Å². The highest BCUT2D eigenvalue weighted by Gasteiger charge is 2.22. The van der Waals surface area contributed by atoms with Gasteiger partial charge in [0.25, 0.3) is 0 Å². The second kappa shape index (κ2) is 6.21. The van der Waals surface area contributed by atoms with Gasteiger partial charge < -0.3 is 14.8 Å². The van der Waals surface area contributed by atoms with Crippen LogP contribution >= 0.6 is 0 Å². The summed E-state index contributed by atoms with van der Waals surface area (Å²) < 4.78 is 11.2. The molecule has 2 atom stereocenters. The Labute approximate surface area is 109 Å². The molecule has 0 aliphatic carbocycles. The quantitative estimate of drug-likeness (QED) is 0.890. The number of hydrogen-bond donors (Lipinski definition) is 1. The Balaban J connectivity index is 1.92. The summed E-state index contributed by atoms with van der Waals surface area (Å²) in [5, 5.41) is 3.57. The zero-order valence-electron chi connectivity index (χ0n) is 11.5. The third kappa shape index (κ3) is 3.47. The molecule has 0 amide bonds. The maximum absolute atomic E-state index is 5.96. The Morgan fingerprint density at radius 1 is 1.44 bits per heavy atom. The van der Waals surface area contributed by atoms with Crippen molar-refractivity contribution in [3.63, 3.8) is 0 Å². The van der Waals surface area contributed by atoms with E-state index < -0.39 is 0 Å². The van der Waals surface area contributed by atoms with Crippen LogP contribution in [0.1, 0.15) is 31.9 Å². The van der Waals surface area contributed by atoms with E-state index in [9.17, 15) is 0 Å². The van der Waals surface area contributed by atoms with Gasteiger partial charge in [-0.15, -0.1) is 0 Å². The zero-order valence-corrected chi connectivity index (χ0v) is 11.5. The maximum atomic E-state index is 5.96. The van der Waals surface area contributed by atoms with Gasteiger partial charge in [-0.3, -0.25) is 0 Å². The molecule has 100 valence electrons. The average molecular weight is 249 g/mol. The molecule has 2 unspecified atom stereocenters. The number of nitrogens with one attached hydrogen (secondary N) is 1. The van der Waals surface area contributed by atoms with Crippen molar-refractivity contribution < 1.29 is 9.47 Å². The minimum Gasteiger partial charge on any atom is -0.497 e. The molecular formula is C15H23NO2. The van der Waals surface area contributed by atoms with E-state index in [4.69, 9.17) is 9.47 Å². The molecule has 1 aromatic rings. The lowest BCUT2D eigenvalue weighted by molar-refractivity contribution is -0.00139. The smallest absolute Gasteiger partial charge is 0.119 e. The lowest BCUT2D eigenvalue weighted by Gasteiger charge is -2.31. The predicted octanol–water partition coefficient (Wildman–Crippen LogP) is 2.77. The van der Waals surface area contributed by atoms with Crippen LogP contribution in [0.2, 0.25) is 0 Å². The monoisotopic (exact) mass is 249 g/mol. The van der Waals surface area contributed by atoms with Gasteiger partial charge in [-0.05, 0) is 30.0 Å². The van der Waals surface area contributed by atoms with Crippen molar-refractivity contribution in [2.24, 2.45) is 5.92 Å². The maximum Gasteiger partial charge on any atom is 0.119 e. The Hall–Kier alpha value is -1.06. The second-order valence-corrected chi connectivity index (χ2v) is 5.33. The summed E-state index contributed by atoms with van der Waals surface area (Å²) in [4.78, 5) is 0. The SMILES string of the molecule is COc1cccc(C2CNC(CC(C)C)CO2)c1. The van der Waals surface area contributed by atoms with Crippen LogP contribution < -0.4 is 10.1 Å². The third-order valence-corrected chi connectivity index (χ3v) is 3.31. The average Bonchev–Trinajstić information content (AvgIpc) is 2.39. The van der Waals surface area contributed by atoms with Crippen molar-refractivity contribution in [2.45, 2.75) is 32.4 Å². The van der Waals surface area contributed by atoms with Gasteiger partial charge in [0.15, 0.2) is 0 Å². The number of morpholine rings is 1. The Morgan fingerprint density at radius 3 is 2.89 bits per heavy atom. The lowest BCUT2D eigenvalue weighted by atomic mass is 10.0. The first-order valence-electron chi connectivity index (χ1n) is 6.68. The van der Waals surface area contributed by atoms with Crippen LogP contribution in [0, 0.1) is 5.92 Å². The summed E-state index contributed by atoms with van der Waals surface area (Å²) in [6.45, 7) is 6.16. The van der Waals surface area contributed by atoms with Crippen LogP contribution in [-0.4, -0.2) is 26.3 Å². The summed E-state index contributed by atoms with van der Waals surface area (Å²) in [5.41, 5.74) is 1.19.